The fourth-order valence-corrected chi connectivity index (χ4v) is 1.33. The van der Waals surface area contributed by atoms with E-state index >= 15 is 0 Å². The second-order valence-electron chi connectivity index (χ2n) is 3.13. The fraction of sp³-hybridized carbons (Fsp3) is 0.0833. The minimum absolute atomic E-state index is 0.0414. The summed E-state index contributed by atoms with van der Waals surface area (Å²) in [5.74, 6) is -1.01. The van der Waals surface area contributed by atoms with Crippen LogP contribution in [0.15, 0.2) is 46.9 Å². The van der Waals surface area contributed by atoms with Gasteiger partial charge >= 0.3 is 5.97 Å². The summed E-state index contributed by atoms with van der Waals surface area (Å²) >= 11 is 3.85. The number of allylic oxidation sites excluding steroid dienone is 2. The Morgan fingerprint density at radius 3 is 2.47 bits per heavy atom. The van der Waals surface area contributed by atoms with Crippen LogP contribution in [-0.2, 0) is 4.79 Å². The van der Waals surface area contributed by atoms with Gasteiger partial charge in [0.1, 0.15) is 0 Å². The van der Waals surface area contributed by atoms with Crippen LogP contribution in [0.5, 0.6) is 0 Å². The highest BCUT2D eigenvalue weighted by molar-refractivity contribution is 7.85. The van der Waals surface area contributed by atoms with E-state index in [0.29, 0.717) is 0 Å². The maximum Gasteiger partial charge on any atom is 0.341 e. The molecule has 1 aromatic carbocycles. The van der Waals surface area contributed by atoms with Gasteiger partial charge in [0.15, 0.2) is 0 Å². The summed E-state index contributed by atoms with van der Waals surface area (Å²) in [6, 6.07) is 9.71. The van der Waals surface area contributed by atoms with Gasteiger partial charge in [-0.25, -0.2) is 4.79 Å². The zero-order valence-corrected chi connectivity index (χ0v) is 9.24. The molecule has 0 spiro atoms. The number of carboxylic acid groups (broad SMARTS) is 1. The molecule has 0 radical (unpaired) electrons. The molecule has 0 amide bonds. The lowest BCUT2D eigenvalue weighted by Gasteiger charge is -1.96. The SMILES string of the molecule is CC(/C=C(\S)C(=O)O)=C\c1ccccc1. The molecule has 0 aliphatic carbocycles. The molecule has 0 unspecified atom stereocenters. The van der Waals surface area contributed by atoms with Gasteiger partial charge in [0.2, 0.25) is 0 Å². The van der Waals surface area contributed by atoms with E-state index in [1.54, 1.807) is 0 Å². The lowest BCUT2D eigenvalue weighted by atomic mass is 10.1. The molecule has 0 aliphatic rings. The average Bonchev–Trinajstić information content (AvgIpc) is 2.18. The molecule has 0 atom stereocenters. The normalized spacial score (nSPS) is 12.7. The second kappa shape index (κ2) is 5.41. The Kier molecular flexibility index (Phi) is 4.18. The predicted molar refractivity (Wildman–Crippen MR) is 64.8 cm³/mol. The van der Waals surface area contributed by atoms with Crippen LogP contribution >= 0.6 is 12.6 Å². The first-order valence-corrected chi connectivity index (χ1v) is 4.91. The van der Waals surface area contributed by atoms with Gasteiger partial charge in [-0.3, -0.25) is 0 Å². The van der Waals surface area contributed by atoms with Crippen LogP contribution in [0.2, 0.25) is 0 Å². The highest BCUT2D eigenvalue weighted by atomic mass is 32.1. The van der Waals surface area contributed by atoms with Gasteiger partial charge < -0.3 is 5.11 Å². The van der Waals surface area contributed by atoms with Crippen LogP contribution < -0.4 is 0 Å². The summed E-state index contributed by atoms with van der Waals surface area (Å²) in [4.78, 5) is 10.6. The third-order valence-corrected chi connectivity index (χ3v) is 2.10. The van der Waals surface area contributed by atoms with Crippen molar-refractivity contribution in [2.45, 2.75) is 6.92 Å². The number of benzene rings is 1. The molecule has 0 fully saturated rings. The van der Waals surface area contributed by atoms with Crippen LogP contribution in [0.25, 0.3) is 6.08 Å². The summed E-state index contributed by atoms with van der Waals surface area (Å²) in [6.45, 7) is 1.84. The first-order chi connectivity index (χ1) is 7.09. The van der Waals surface area contributed by atoms with E-state index in [9.17, 15) is 4.79 Å². The molecular formula is C12H12O2S. The monoisotopic (exact) mass is 220 g/mol. The van der Waals surface area contributed by atoms with Gasteiger partial charge in [0.05, 0.1) is 4.91 Å². The number of aliphatic carboxylic acids is 1. The van der Waals surface area contributed by atoms with Crippen molar-refractivity contribution < 1.29 is 9.90 Å². The topological polar surface area (TPSA) is 37.3 Å². The van der Waals surface area contributed by atoms with E-state index in [-0.39, 0.29) is 4.91 Å². The Balaban J connectivity index is 2.86. The minimum Gasteiger partial charge on any atom is -0.477 e. The standard InChI is InChI=1S/C12H12O2S/c1-9(8-11(15)12(13)14)7-10-5-3-2-4-6-10/h2-8,15H,1H3,(H,13,14)/b9-7+,11-8-. The van der Waals surface area contributed by atoms with Gasteiger partial charge in [-0.05, 0) is 24.1 Å². The lowest BCUT2D eigenvalue weighted by Crippen LogP contribution is -1.93. The number of hydrogen-bond donors (Lipinski definition) is 2. The largest absolute Gasteiger partial charge is 0.477 e. The first-order valence-electron chi connectivity index (χ1n) is 4.47. The molecule has 0 aliphatic heterocycles. The molecule has 0 aromatic heterocycles. The molecule has 78 valence electrons. The quantitative estimate of drug-likeness (QED) is 0.467. The summed E-state index contributed by atoms with van der Waals surface area (Å²) in [5.41, 5.74) is 1.89. The van der Waals surface area contributed by atoms with E-state index in [1.807, 2.05) is 43.3 Å². The molecule has 0 bridgehead atoms. The van der Waals surface area contributed by atoms with Crippen molar-refractivity contribution in [3.63, 3.8) is 0 Å². The first kappa shape index (κ1) is 11.6. The summed E-state index contributed by atoms with van der Waals surface area (Å²) in [6.07, 6.45) is 3.43. The molecule has 15 heavy (non-hydrogen) atoms. The van der Waals surface area contributed by atoms with Crippen LogP contribution in [0.3, 0.4) is 0 Å². The van der Waals surface area contributed by atoms with Gasteiger partial charge in [-0.2, -0.15) is 0 Å². The van der Waals surface area contributed by atoms with Crippen molar-refractivity contribution in [3.05, 3.63) is 52.4 Å². The van der Waals surface area contributed by atoms with E-state index < -0.39 is 5.97 Å². The van der Waals surface area contributed by atoms with Crippen molar-refractivity contribution in [2.75, 3.05) is 0 Å². The number of carbonyl (C=O) groups is 1. The average molecular weight is 220 g/mol. The smallest absolute Gasteiger partial charge is 0.341 e. The van der Waals surface area contributed by atoms with Crippen molar-refractivity contribution in [2.24, 2.45) is 0 Å². The Bertz CT molecular complexity index is 405. The Morgan fingerprint density at radius 1 is 1.33 bits per heavy atom. The molecule has 2 nitrogen and oxygen atoms in total. The number of thiol groups is 1. The van der Waals surface area contributed by atoms with Crippen molar-refractivity contribution in [3.8, 4) is 0 Å². The third kappa shape index (κ3) is 4.04. The maximum atomic E-state index is 10.5. The van der Waals surface area contributed by atoms with Crippen LogP contribution in [-0.4, -0.2) is 11.1 Å². The van der Waals surface area contributed by atoms with E-state index in [2.05, 4.69) is 12.6 Å². The molecule has 1 N–H and O–H groups in total. The zero-order chi connectivity index (χ0) is 11.3. The Hall–Kier alpha value is -1.48. The van der Waals surface area contributed by atoms with Crippen molar-refractivity contribution in [1.29, 1.82) is 0 Å². The molecule has 1 aromatic rings. The third-order valence-electron chi connectivity index (χ3n) is 1.78. The van der Waals surface area contributed by atoms with Crippen LogP contribution in [0, 0.1) is 0 Å². The Labute approximate surface area is 94.4 Å². The predicted octanol–water partition coefficient (Wildman–Crippen LogP) is 2.99. The molecule has 0 saturated carbocycles. The van der Waals surface area contributed by atoms with E-state index in [0.717, 1.165) is 11.1 Å². The van der Waals surface area contributed by atoms with Crippen LogP contribution in [0.4, 0.5) is 0 Å². The van der Waals surface area contributed by atoms with Gasteiger partial charge in [0, 0.05) is 0 Å². The van der Waals surface area contributed by atoms with Crippen molar-refractivity contribution in [1.82, 2.24) is 0 Å². The molecule has 0 saturated heterocycles. The van der Waals surface area contributed by atoms with Crippen molar-refractivity contribution >= 4 is 24.7 Å². The van der Waals surface area contributed by atoms with Gasteiger partial charge in [-0.15, -0.1) is 12.6 Å². The summed E-state index contributed by atoms with van der Waals surface area (Å²) < 4.78 is 0. The Morgan fingerprint density at radius 2 is 1.93 bits per heavy atom. The van der Waals surface area contributed by atoms with E-state index in [4.69, 9.17) is 5.11 Å². The molecule has 1 rings (SSSR count). The summed E-state index contributed by atoms with van der Waals surface area (Å²) in [5, 5.41) is 8.63. The maximum absolute atomic E-state index is 10.5. The molecule has 0 heterocycles. The van der Waals surface area contributed by atoms with E-state index in [1.165, 1.54) is 6.08 Å². The van der Waals surface area contributed by atoms with Gasteiger partial charge in [-0.1, -0.05) is 36.4 Å². The number of hydrogen-bond acceptors (Lipinski definition) is 2. The van der Waals surface area contributed by atoms with Crippen LogP contribution in [0.1, 0.15) is 12.5 Å². The highest BCUT2D eigenvalue weighted by Gasteiger charge is 1.99. The number of rotatable bonds is 3. The molecule has 3 heteroatoms. The zero-order valence-electron chi connectivity index (χ0n) is 8.34. The number of carboxylic acids is 1. The summed E-state index contributed by atoms with van der Waals surface area (Å²) in [7, 11) is 0. The van der Waals surface area contributed by atoms with Gasteiger partial charge in [0.25, 0.3) is 0 Å². The highest BCUT2D eigenvalue weighted by Crippen LogP contribution is 2.11. The fourth-order valence-electron chi connectivity index (χ4n) is 1.13. The second-order valence-corrected chi connectivity index (χ2v) is 3.62. The molecular weight excluding hydrogens is 208 g/mol. The lowest BCUT2D eigenvalue weighted by molar-refractivity contribution is -0.131. The minimum atomic E-state index is -1.01.